The van der Waals surface area contributed by atoms with E-state index in [1.165, 1.54) is 36.2 Å². The van der Waals surface area contributed by atoms with Crippen molar-refractivity contribution in [1.29, 1.82) is 0 Å². The highest BCUT2D eigenvalue weighted by atomic mass is 79.9. The minimum absolute atomic E-state index is 0.0129. The Morgan fingerprint density at radius 2 is 1.65 bits per heavy atom. The van der Waals surface area contributed by atoms with E-state index in [0.717, 1.165) is 26.2 Å². The normalized spacial score (nSPS) is 12.0. The van der Waals surface area contributed by atoms with Crippen molar-refractivity contribution in [3.8, 4) is 0 Å². The molecule has 2 amide bonds. The number of anilines is 1. The van der Waals surface area contributed by atoms with Gasteiger partial charge in [0.25, 0.3) is 0 Å². The van der Waals surface area contributed by atoms with Gasteiger partial charge in [-0.2, -0.15) is 0 Å². The number of aryl methyl sites for hydroxylation is 1. The van der Waals surface area contributed by atoms with Crippen molar-refractivity contribution in [3.05, 3.63) is 99.8 Å². The molecule has 196 valence electrons. The number of amides is 2. The Labute approximate surface area is 225 Å². The smallest absolute Gasteiger partial charge is 0.244 e. The van der Waals surface area contributed by atoms with Gasteiger partial charge in [0, 0.05) is 24.5 Å². The van der Waals surface area contributed by atoms with Crippen molar-refractivity contribution in [2.24, 2.45) is 0 Å². The number of hydrogen-bond donors (Lipinski definition) is 1. The van der Waals surface area contributed by atoms with Crippen molar-refractivity contribution < 1.29 is 22.4 Å². The molecule has 7 nitrogen and oxygen atoms in total. The molecular formula is C27H29BrFN3O4S. The van der Waals surface area contributed by atoms with E-state index in [0.29, 0.717) is 11.3 Å². The predicted octanol–water partition coefficient (Wildman–Crippen LogP) is 4.05. The quantitative estimate of drug-likeness (QED) is 0.386. The second kappa shape index (κ2) is 12.3. The van der Waals surface area contributed by atoms with Gasteiger partial charge in [-0.1, -0.05) is 58.4 Å². The van der Waals surface area contributed by atoms with Gasteiger partial charge in [-0.15, -0.1) is 0 Å². The van der Waals surface area contributed by atoms with Crippen LogP contribution in [0, 0.1) is 12.7 Å². The number of nitrogens with zero attached hydrogens (tertiary/aromatic N) is 2. The number of likely N-dealkylation sites (N-methyl/N-ethyl adjacent to an activating group) is 1. The molecule has 0 fully saturated rings. The monoisotopic (exact) mass is 589 g/mol. The van der Waals surface area contributed by atoms with Crippen molar-refractivity contribution in [3.63, 3.8) is 0 Å². The topological polar surface area (TPSA) is 86.8 Å². The van der Waals surface area contributed by atoms with Crippen LogP contribution in [0.5, 0.6) is 0 Å². The number of carbonyl (C=O) groups is 2. The third-order valence-electron chi connectivity index (χ3n) is 5.89. The first-order valence-electron chi connectivity index (χ1n) is 11.5. The van der Waals surface area contributed by atoms with E-state index in [1.807, 2.05) is 37.3 Å². The summed E-state index contributed by atoms with van der Waals surface area (Å²) in [5.41, 5.74) is 2.56. The Kier molecular flexibility index (Phi) is 9.45. The highest BCUT2D eigenvalue weighted by Gasteiger charge is 2.32. The maximum atomic E-state index is 13.8. The summed E-state index contributed by atoms with van der Waals surface area (Å²) >= 11 is 3.41. The van der Waals surface area contributed by atoms with Crippen molar-refractivity contribution >= 4 is 43.5 Å². The molecule has 0 spiro atoms. The van der Waals surface area contributed by atoms with Gasteiger partial charge in [-0.25, -0.2) is 12.8 Å². The molecule has 1 N–H and O–H groups in total. The summed E-state index contributed by atoms with van der Waals surface area (Å²) in [4.78, 5) is 28.2. The van der Waals surface area contributed by atoms with E-state index in [9.17, 15) is 22.4 Å². The summed E-state index contributed by atoms with van der Waals surface area (Å²) in [6.45, 7) is 1.29. The van der Waals surface area contributed by atoms with E-state index >= 15 is 0 Å². The van der Waals surface area contributed by atoms with Gasteiger partial charge in [0.1, 0.15) is 18.4 Å². The molecule has 0 unspecified atom stereocenters. The average molecular weight is 591 g/mol. The van der Waals surface area contributed by atoms with Crippen LogP contribution in [0.2, 0.25) is 0 Å². The van der Waals surface area contributed by atoms with Crippen molar-refractivity contribution in [1.82, 2.24) is 10.2 Å². The number of sulfonamides is 1. The molecule has 3 aromatic rings. The molecule has 0 heterocycles. The van der Waals surface area contributed by atoms with Crippen molar-refractivity contribution in [2.75, 3.05) is 24.2 Å². The third-order valence-corrected chi connectivity index (χ3v) is 7.92. The number of carbonyl (C=O) groups excluding carboxylic acids is 2. The molecule has 3 aromatic carbocycles. The summed E-state index contributed by atoms with van der Waals surface area (Å²) < 4.78 is 40.9. The lowest BCUT2D eigenvalue weighted by Crippen LogP contribution is -2.52. The highest BCUT2D eigenvalue weighted by molar-refractivity contribution is 9.10. The van der Waals surface area contributed by atoms with E-state index in [4.69, 9.17) is 0 Å². The van der Waals surface area contributed by atoms with Gasteiger partial charge < -0.3 is 10.2 Å². The van der Waals surface area contributed by atoms with Gasteiger partial charge in [-0.05, 0) is 53.9 Å². The molecule has 0 aromatic heterocycles. The summed E-state index contributed by atoms with van der Waals surface area (Å²) in [5, 5.41) is 2.61. The lowest BCUT2D eigenvalue weighted by Gasteiger charge is -2.33. The first kappa shape index (κ1) is 28.3. The molecule has 0 saturated carbocycles. The Bertz CT molecular complexity index is 1350. The fourth-order valence-electron chi connectivity index (χ4n) is 3.90. The van der Waals surface area contributed by atoms with Crippen LogP contribution in [0.25, 0.3) is 0 Å². The van der Waals surface area contributed by atoms with Crippen LogP contribution < -0.4 is 9.62 Å². The molecule has 0 saturated heterocycles. The molecule has 0 aliphatic heterocycles. The number of rotatable bonds is 10. The second-order valence-electron chi connectivity index (χ2n) is 8.67. The van der Waals surface area contributed by atoms with E-state index < -0.39 is 40.2 Å². The Morgan fingerprint density at radius 3 is 2.22 bits per heavy atom. The van der Waals surface area contributed by atoms with Gasteiger partial charge in [0.15, 0.2) is 0 Å². The Hall–Kier alpha value is -3.24. The number of benzene rings is 3. The lowest BCUT2D eigenvalue weighted by atomic mass is 10.0. The SMILES string of the molecule is CNC(=O)[C@@H](Cc1ccccc1)N(Cc1ccc(F)cc1)C(=O)CN(c1ccc(Br)c(C)c1)S(C)(=O)=O. The molecule has 0 radical (unpaired) electrons. The standard InChI is InChI=1S/C27H29BrFN3O4S/c1-19-15-23(13-14-24(19)28)32(37(3,35)36)18-26(33)31(17-21-9-11-22(29)12-10-21)25(27(34)30-2)16-20-7-5-4-6-8-20/h4-15,25H,16-18H2,1-3H3,(H,30,34)/t25-/m1/s1. The minimum Gasteiger partial charge on any atom is -0.357 e. The maximum Gasteiger partial charge on any atom is 0.244 e. The van der Waals surface area contributed by atoms with Gasteiger partial charge in [0.2, 0.25) is 21.8 Å². The molecule has 10 heteroatoms. The number of halogens is 2. The summed E-state index contributed by atoms with van der Waals surface area (Å²) in [6.07, 6.45) is 1.24. The van der Waals surface area contributed by atoms with Crippen molar-refractivity contribution in [2.45, 2.75) is 25.9 Å². The fourth-order valence-corrected chi connectivity index (χ4v) is 4.99. The minimum atomic E-state index is -3.84. The van der Waals surface area contributed by atoms with Crippen LogP contribution >= 0.6 is 15.9 Å². The zero-order chi connectivity index (χ0) is 27.2. The average Bonchev–Trinajstić information content (AvgIpc) is 2.87. The fraction of sp³-hybridized carbons (Fsp3) is 0.259. The van der Waals surface area contributed by atoms with Crippen LogP contribution in [0.4, 0.5) is 10.1 Å². The summed E-state index contributed by atoms with van der Waals surface area (Å²) in [6, 6.07) is 18.9. The molecule has 0 aliphatic rings. The van der Waals surface area contributed by atoms with Crippen LogP contribution in [-0.2, 0) is 32.6 Å². The summed E-state index contributed by atoms with van der Waals surface area (Å²) in [7, 11) is -2.36. The Morgan fingerprint density at radius 1 is 1.00 bits per heavy atom. The zero-order valence-electron chi connectivity index (χ0n) is 20.8. The van der Waals surface area contributed by atoms with Gasteiger partial charge in [-0.3, -0.25) is 13.9 Å². The second-order valence-corrected chi connectivity index (χ2v) is 11.4. The number of hydrogen-bond acceptors (Lipinski definition) is 4. The first-order chi connectivity index (χ1) is 17.5. The molecule has 1 atom stereocenters. The van der Waals surface area contributed by atoms with E-state index in [1.54, 1.807) is 18.2 Å². The molecular weight excluding hydrogens is 561 g/mol. The highest BCUT2D eigenvalue weighted by Crippen LogP contribution is 2.25. The Balaban J connectivity index is 2.03. The van der Waals surface area contributed by atoms with E-state index in [-0.39, 0.29) is 13.0 Å². The lowest BCUT2D eigenvalue weighted by molar-refractivity contribution is -0.139. The first-order valence-corrected chi connectivity index (χ1v) is 14.2. The van der Waals surface area contributed by atoms with Crippen LogP contribution in [0.3, 0.4) is 0 Å². The molecule has 37 heavy (non-hydrogen) atoms. The van der Waals surface area contributed by atoms with Crippen LogP contribution in [0.15, 0.2) is 77.3 Å². The largest absolute Gasteiger partial charge is 0.357 e. The molecule has 0 aliphatic carbocycles. The molecule has 3 rings (SSSR count). The predicted molar refractivity (Wildman–Crippen MR) is 146 cm³/mol. The zero-order valence-corrected chi connectivity index (χ0v) is 23.2. The van der Waals surface area contributed by atoms with E-state index in [2.05, 4.69) is 21.2 Å². The summed E-state index contributed by atoms with van der Waals surface area (Å²) in [5.74, 6) is -1.40. The third kappa shape index (κ3) is 7.62. The van der Waals surface area contributed by atoms with Crippen LogP contribution in [0.1, 0.15) is 16.7 Å². The van der Waals surface area contributed by atoms with Crippen LogP contribution in [-0.4, -0.2) is 51.0 Å². The molecule has 0 bridgehead atoms. The van der Waals surface area contributed by atoms with Gasteiger partial charge >= 0.3 is 0 Å². The van der Waals surface area contributed by atoms with Gasteiger partial charge in [0.05, 0.1) is 11.9 Å². The number of nitrogens with one attached hydrogen (secondary N) is 1. The maximum absolute atomic E-state index is 13.8.